The molecule has 4 rings (SSSR count). The molecule has 1 heterocycles. The van der Waals surface area contributed by atoms with E-state index in [0.717, 1.165) is 28.9 Å². The van der Waals surface area contributed by atoms with Crippen molar-refractivity contribution in [1.29, 1.82) is 0 Å². The van der Waals surface area contributed by atoms with E-state index in [-0.39, 0.29) is 11.0 Å². The molecule has 1 aromatic heterocycles. The van der Waals surface area contributed by atoms with E-state index in [1.807, 2.05) is 38.1 Å². The minimum absolute atomic E-state index is 0.169. The van der Waals surface area contributed by atoms with Crippen LogP contribution in [0.15, 0.2) is 54.6 Å². The Balaban J connectivity index is 1.46. The van der Waals surface area contributed by atoms with Gasteiger partial charge in [0.15, 0.2) is 5.11 Å². The lowest BCUT2D eigenvalue weighted by atomic mass is 10.1. The second-order valence-corrected chi connectivity index (χ2v) is 9.22. The fourth-order valence-corrected chi connectivity index (χ4v) is 4.18. The lowest BCUT2D eigenvalue weighted by Crippen LogP contribution is -2.34. The number of ether oxygens (including phenoxy) is 1. The number of thiocarbonyl (C=S) groups is 1. The Hall–Kier alpha value is -3.49. The first-order chi connectivity index (χ1) is 17.4. The quantitative estimate of drug-likeness (QED) is 0.267. The first-order valence-corrected chi connectivity index (χ1v) is 12.7. The molecule has 0 saturated carbocycles. The summed E-state index contributed by atoms with van der Waals surface area (Å²) in [5.74, 6) is 0.158. The van der Waals surface area contributed by atoms with Gasteiger partial charge in [-0.25, -0.2) is 0 Å². The fraction of sp³-hybridized carbons (Fsp3) is 0.259. The third kappa shape index (κ3) is 6.01. The number of aryl methyl sites for hydroxylation is 2. The molecule has 9 heteroatoms. The van der Waals surface area contributed by atoms with E-state index in [4.69, 9.17) is 28.6 Å². The normalized spacial score (nSPS) is 10.9. The van der Waals surface area contributed by atoms with E-state index in [1.54, 1.807) is 23.0 Å². The Labute approximate surface area is 220 Å². The van der Waals surface area contributed by atoms with Gasteiger partial charge in [0.05, 0.1) is 17.3 Å². The third-order valence-electron chi connectivity index (χ3n) is 5.68. The minimum Gasteiger partial charge on any atom is -0.492 e. The zero-order chi connectivity index (χ0) is 25.7. The summed E-state index contributed by atoms with van der Waals surface area (Å²) in [6.45, 7) is 6.49. The van der Waals surface area contributed by atoms with Gasteiger partial charge in [0, 0.05) is 11.3 Å². The Morgan fingerprint density at radius 3 is 2.44 bits per heavy atom. The Morgan fingerprint density at radius 2 is 1.78 bits per heavy atom. The second kappa shape index (κ2) is 11.5. The van der Waals surface area contributed by atoms with Crippen LogP contribution < -0.4 is 15.4 Å². The number of carbonyl (C=O) groups is 1. The molecular weight excluding hydrogens is 494 g/mol. The first kappa shape index (κ1) is 25.6. The zero-order valence-electron chi connectivity index (χ0n) is 20.5. The number of nitrogens with zero attached hydrogens (tertiary/aromatic N) is 3. The maximum Gasteiger partial charge on any atom is 0.257 e. The molecule has 0 fully saturated rings. The van der Waals surface area contributed by atoms with Crippen LogP contribution in [0.3, 0.4) is 0 Å². The molecule has 36 heavy (non-hydrogen) atoms. The van der Waals surface area contributed by atoms with Crippen LogP contribution in [0.4, 0.5) is 5.69 Å². The summed E-state index contributed by atoms with van der Waals surface area (Å²) >= 11 is 11.6. The summed E-state index contributed by atoms with van der Waals surface area (Å²) in [4.78, 5) is 14.3. The highest BCUT2D eigenvalue weighted by Crippen LogP contribution is 2.26. The largest absolute Gasteiger partial charge is 0.492 e. The average Bonchev–Trinajstić information content (AvgIpc) is 3.27. The van der Waals surface area contributed by atoms with Gasteiger partial charge in [-0.2, -0.15) is 4.80 Å². The van der Waals surface area contributed by atoms with Crippen LogP contribution in [-0.2, 0) is 6.42 Å². The molecule has 7 nitrogen and oxygen atoms in total. The van der Waals surface area contributed by atoms with Gasteiger partial charge in [0.1, 0.15) is 16.8 Å². The number of amides is 1. The molecule has 0 atom stereocenters. The Kier molecular flexibility index (Phi) is 8.18. The molecule has 0 saturated heterocycles. The van der Waals surface area contributed by atoms with Crippen molar-refractivity contribution in [1.82, 2.24) is 20.3 Å². The summed E-state index contributed by atoms with van der Waals surface area (Å²) < 4.78 is 5.41. The maximum absolute atomic E-state index is 12.6. The van der Waals surface area contributed by atoms with Gasteiger partial charge in [-0.1, -0.05) is 37.1 Å². The third-order valence-corrected chi connectivity index (χ3v) is 6.18. The van der Waals surface area contributed by atoms with E-state index in [0.29, 0.717) is 28.5 Å². The van der Waals surface area contributed by atoms with Crippen molar-refractivity contribution < 1.29 is 9.53 Å². The molecular formula is C27H28ClN5O2S. The number of halogens is 1. The fourth-order valence-electron chi connectivity index (χ4n) is 3.74. The summed E-state index contributed by atoms with van der Waals surface area (Å²) in [7, 11) is 0. The van der Waals surface area contributed by atoms with Gasteiger partial charge < -0.3 is 10.1 Å². The molecule has 0 spiro atoms. The predicted octanol–water partition coefficient (Wildman–Crippen LogP) is 6.25. The van der Waals surface area contributed by atoms with Crippen LogP contribution in [0, 0.1) is 6.92 Å². The lowest BCUT2D eigenvalue weighted by molar-refractivity contribution is 0.0977. The van der Waals surface area contributed by atoms with Crippen molar-refractivity contribution >= 4 is 51.6 Å². The van der Waals surface area contributed by atoms with Crippen molar-refractivity contribution in [3.8, 4) is 11.4 Å². The molecule has 186 valence electrons. The van der Waals surface area contributed by atoms with Gasteiger partial charge in [-0.05, 0) is 92.5 Å². The minimum atomic E-state index is -0.371. The molecule has 0 unspecified atom stereocenters. The molecule has 2 N–H and O–H groups in total. The monoisotopic (exact) mass is 521 g/mol. The number of rotatable bonds is 8. The number of fused-ring (bicyclic) bond motifs is 1. The molecule has 0 radical (unpaired) electrons. The van der Waals surface area contributed by atoms with Gasteiger partial charge in [0.2, 0.25) is 0 Å². The molecule has 0 aliphatic heterocycles. The van der Waals surface area contributed by atoms with E-state index in [2.05, 4.69) is 39.9 Å². The van der Waals surface area contributed by atoms with Gasteiger partial charge in [0.25, 0.3) is 5.91 Å². The number of hydrogen-bond acceptors (Lipinski definition) is 5. The zero-order valence-corrected chi connectivity index (χ0v) is 22.0. The molecule has 4 aromatic rings. The lowest BCUT2D eigenvalue weighted by Gasteiger charge is -2.12. The number of nitrogens with one attached hydrogen (secondary N) is 2. The smallest absolute Gasteiger partial charge is 0.257 e. The topological polar surface area (TPSA) is 81.1 Å². The number of carbonyl (C=O) groups excluding carboxylic acids is 1. The van der Waals surface area contributed by atoms with E-state index < -0.39 is 0 Å². The van der Waals surface area contributed by atoms with Crippen LogP contribution >= 0.6 is 23.8 Å². The summed E-state index contributed by atoms with van der Waals surface area (Å²) in [5, 5.41) is 15.6. The highest BCUT2D eigenvalue weighted by atomic mass is 35.5. The standard InChI is InChI=1S/C27H28ClN5O2S/c1-4-6-7-18-8-11-20(12-9-18)33-31-23-14-17(3)22(16-24(23)32-33)29-27(36)30-26(34)19-10-13-25(35-5-2)21(28)15-19/h8-16H,4-7H2,1-3H3,(H2,29,30,34,36). The predicted molar refractivity (Wildman–Crippen MR) is 149 cm³/mol. The summed E-state index contributed by atoms with van der Waals surface area (Å²) in [6.07, 6.45) is 3.42. The second-order valence-electron chi connectivity index (χ2n) is 8.40. The number of benzene rings is 3. The van der Waals surface area contributed by atoms with Crippen LogP contribution in [-0.4, -0.2) is 32.6 Å². The van der Waals surface area contributed by atoms with Crippen LogP contribution in [0.25, 0.3) is 16.7 Å². The van der Waals surface area contributed by atoms with Crippen molar-refractivity contribution in [2.24, 2.45) is 0 Å². The maximum atomic E-state index is 12.6. The Bertz CT molecular complexity index is 1400. The first-order valence-electron chi connectivity index (χ1n) is 11.9. The summed E-state index contributed by atoms with van der Waals surface area (Å²) in [5.41, 5.74) is 5.73. The van der Waals surface area contributed by atoms with Crippen LogP contribution in [0.2, 0.25) is 5.02 Å². The van der Waals surface area contributed by atoms with E-state index >= 15 is 0 Å². The number of aromatic nitrogens is 3. The average molecular weight is 522 g/mol. The van der Waals surface area contributed by atoms with Crippen molar-refractivity contribution in [3.63, 3.8) is 0 Å². The summed E-state index contributed by atoms with van der Waals surface area (Å²) in [6, 6.07) is 17.0. The van der Waals surface area contributed by atoms with Gasteiger partial charge >= 0.3 is 0 Å². The molecule has 0 aliphatic rings. The highest BCUT2D eigenvalue weighted by Gasteiger charge is 2.13. The Morgan fingerprint density at radius 1 is 1.06 bits per heavy atom. The number of hydrogen-bond donors (Lipinski definition) is 2. The van der Waals surface area contributed by atoms with Crippen LogP contribution in [0.1, 0.15) is 48.2 Å². The van der Waals surface area contributed by atoms with Crippen molar-refractivity contribution in [2.75, 3.05) is 11.9 Å². The number of anilines is 1. The molecule has 3 aromatic carbocycles. The SMILES string of the molecule is CCCCc1ccc(-n2nc3cc(C)c(NC(=S)NC(=O)c4ccc(OCC)c(Cl)c4)cc3n2)cc1. The van der Waals surface area contributed by atoms with E-state index in [1.165, 1.54) is 18.4 Å². The molecule has 0 bridgehead atoms. The van der Waals surface area contributed by atoms with Crippen molar-refractivity contribution in [3.05, 3.63) is 76.3 Å². The highest BCUT2D eigenvalue weighted by molar-refractivity contribution is 7.80. The van der Waals surface area contributed by atoms with E-state index in [9.17, 15) is 4.79 Å². The van der Waals surface area contributed by atoms with Crippen molar-refractivity contribution in [2.45, 2.75) is 40.0 Å². The molecule has 1 amide bonds. The van der Waals surface area contributed by atoms with Gasteiger partial charge in [-0.15, -0.1) is 10.2 Å². The molecule has 0 aliphatic carbocycles. The number of unbranched alkanes of at least 4 members (excludes halogenated alkanes) is 1. The van der Waals surface area contributed by atoms with Crippen LogP contribution in [0.5, 0.6) is 5.75 Å². The van der Waals surface area contributed by atoms with Gasteiger partial charge in [-0.3, -0.25) is 10.1 Å².